The van der Waals surface area contributed by atoms with Gasteiger partial charge in [-0.25, -0.2) is 9.97 Å². The summed E-state index contributed by atoms with van der Waals surface area (Å²) in [7, 11) is 3.81. The van der Waals surface area contributed by atoms with Crippen LogP contribution in [0.25, 0.3) is 21.2 Å². The molecule has 0 aliphatic heterocycles. The number of thiophene rings is 1. The number of nitrogens with one attached hydrogen (secondary N) is 2. The molecule has 2 aromatic carbocycles. The van der Waals surface area contributed by atoms with Gasteiger partial charge in [-0.1, -0.05) is 35.9 Å². The fourth-order valence-corrected chi connectivity index (χ4v) is 6.76. The number of carbonyl (C=O) groups is 1. The SMILES string of the molecule is CCOc1ccc(-c2cnc(NC)nc2)cc1CN(C(=O)c1sc2ccccc2c1Cl)[C@H]1CC[C@H](NC)CC1. The highest BCUT2D eigenvalue weighted by Gasteiger charge is 2.32. The third kappa shape index (κ3) is 5.88. The van der Waals surface area contributed by atoms with Crippen molar-refractivity contribution < 1.29 is 9.53 Å². The van der Waals surface area contributed by atoms with Crippen LogP contribution in [-0.4, -0.2) is 53.6 Å². The van der Waals surface area contributed by atoms with Gasteiger partial charge in [0.25, 0.3) is 5.91 Å². The lowest BCUT2D eigenvalue weighted by Crippen LogP contribution is -2.44. The summed E-state index contributed by atoms with van der Waals surface area (Å²) in [6.45, 7) is 2.94. The van der Waals surface area contributed by atoms with Gasteiger partial charge in [-0.3, -0.25) is 4.79 Å². The first-order valence-corrected chi connectivity index (χ1v) is 14.6. The van der Waals surface area contributed by atoms with E-state index in [0.29, 0.717) is 35.0 Å². The summed E-state index contributed by atoms with van der Waals surface area (Å²) in [4.78, 5) is 25.6. The van der Waals surface area contributed by atoms with Crippen molar-refractivity contribution in [1.29, 1.82) is 0 Å². The number of halogens is 1. The van der Waals surface area contributed by atoms with Crippen LogP contribution in [0.15, 0.2) is 54.9 Å². The second-order valence-corrected chi connectivity index (χ2v) is 11.2. The molecule has 0 bridgehead atoms. The van der Waals surface area contributed by atoms with Crippen LogP contribution in [0.4, 0.5) is 5.95 Å². The van der Waals surface area contributed by atoms with Gasteiger partial charge in [0.1, 0.15) is 10.6 Å². The lowest BCUT2D eigenvalue weighted by atomic mass is 9.89. The molecule has 4 aromatic rings. The van der Waals surface area contributed by atoms with Crippen molar-refractivity contribution >= 4 is 44.9 Å². The number of anilines is 1. The number of ether oxygens (including phenoxy) is 1. The molecule has 204 valence electrons. The quantitative estimate of drug-likeness (QED) is 0.238. The van der Waals surface area contributed by atoms with Gasteiger partial charge in [0.15, 0.2) is 0 Å². The number of carbonyl (C=O) groups excluding carboxylic acids is 1. The molecule has 1 aliphatic rings. The van der Waals surface area contributed by atoms with Crippen LogP contribution in [0, 0.1) is 0 Å². The highest BCUT2D eigenvalue weighted by Crippen LogP contribution is 2.38. The number of hydrogen-bond acceptors (Lipinski definition) is 7. The van der Waals surface area contributed by atoms with Gasteiger partial charge >= 0.3 is 0 Å². The van der Waals surface area contributed by atoms with Crippen LogP contribution in [0.5, 0.6) is 5.75 Å². The van der Waals surface area contributed by atoms with Crippen LogP contribution < -0.4 is 15.4 Å². The van der Waals surface area contributed by atoms with Crippen LogP contribution in [0.1, 0.15) is 47.8 Å². The van der Waals surface area contributed by atoms with Crippen LogP contribution in [-0.2, 0) is 6.54 Å². The second-order valence-electron chi connectivity index (χ2n) is 9.77. The Morgan fingerprint density at radius 1 is 1.08 bits per heavy atom. The molecule has 0 saturated heterocycles. The molecule has 1 fully saturated rings. The molecule has 9 heteroatoms. The lowest BCUT2D eigenvalue weighted by molar-refractivity contribution is 0.0604. The Bertz CT molecular complexity index is 1430. The smallest absolute Gasteiger partial charge is 0.266 e. The first-order valence-electron chi connectivity index (χ1n) is 13.4. The maximum Gasteiger partial charge on any atom is 0.266 e. The average molecular weight is 564 g/mol. The van der Waals surface area contributed by atoms with E-state index in [1.807, 2.05) is 55.3 Å². The molecule has 2 heterocycles. The molecule has 0 radical (unpaired) electrons. The number of benzene rings is 2. The van der Waals surface area contributed by atoms with Crippen molar-refractivity contribution in [1.82, 2.24) is 20.2 Å². The molecular weight excluding hydrogens is 530 g/mol. The predicted molar refractivity (Wildman–Crippen MR) is 160 cm³/mol. The zero-order chi connectivity index (χ0) is 27.4. The van der Waals surface area contributed by atoms with Crippen LogP contribution in [0.2, 0.25) is 5.02 Å². The summed E-state index contributed by atoms with van der Waals surface area (Å²) in [5.41, 5.74) is 2.83. The standard InChI is InChI=1S/C30H34ClN5O2S/c1-4-38-25-14-9-19(21-16-34-30(33-3)35-17-21)15-20(25)18-36(23-12-10-22(32-2)11-13-23)29(37)28-27(31)24-7-5-6-8-26(24)39-28/h5-9,14-17,22-23,32H,4,10-13,18H2,1-3H3,(H,33,34,35)/t22-,23-. The Balaban J connectivity index is 1.53. The fraction of sp³-hybridized carbons (Fsp3) is 0.367. The Kier molecular flexibility index (Phi) is 8.65. The van der Waals surface area contributed by atoms with Gasteiger partial charge in [-0.05, 0) is 63.4 Å². The molecule has 5 rings (SSSR count). The summed E-state index contributed by atoms with van der Waals surface area (Å²) in [6.07, 6.45) is 7.52. The van der Waals surface area contributed by atoms with Crippen LogP contribution in [0.3, 0.4) is 0 Å². The molecule has 1 saturated carbocycles. The Labute approximate surface area is 238 Å². The average Bonchev–Trinajstić information content (AvgIpc) is 3.33. The van der Waals surface area contributed by atoms with E-state index in [2.05, 4.69) is 26.7 Å². The number of rotatable bonds is 9. The van der Waals surface area contributed by atoms with E-state index in [0.717, 1.165) is 58.2 Å². The molecule has 7 nitrogen and oxygen atoms in total. The van der Waals surface area contributed by atoms with E-state index >= 15 is 0 Å². The molecule has 2 aromatic heterocycles. The van der Waals surface area contributed by atoms with Gasteiger partial charge in [0.05, 0.1) is 11.6 Å². The van der Waals surface area contributed by atoms with Crippen molar-refractivity contribution in [3.8, 4) is 16.9 Å². The zero-order valence-corrected chi connectivity index (χ0v) is 24.1. The molecule has 1 amide bonds. The summed E-state index contributed by atoms with van der Waals surface area (Å²) in [5.74, 6) is 1.32. The van der Waals surface area contributed by atoms with E-state index in [-0.39, 0.29) is 11.9 Å². The van der Waals surface area contributed by atoms with E-state index in [9.17, 15) is 4.79 Å². The van der Waals surface area contributed by atoms with Gasteiger partial charge < -0.3 is 20.3 Å². The van der Waals surface area contributed by atoms with Crippen molar-refractivity contribution in [3.63, 3.8) is 0 Å². The highest BCUT2D eigenvalue weighted by atomic mass is 35.5. The molecule has 0 atom stereocenters. The van der Waals surface area contributed by atoms with Gasteiger partial charge in [0, 0.05) is 59.3 Å². The number of nitrogens with zero attached hydrogens (tertiary/aromatic N) is 3. The number of amides is 1. The van der Waals surface area contributed by atoms with E-state index in [1.54, 1.807) is 19.4 Å². The maximum atomic E-state index is 14.3. The second kappa shape index (κ2) is 12.3. The van der Waals surface area contributed by atoms with Crippen molar-refractivity contribution in [2.75, 3.05) is 26.0 Å². The first-order chi connectivity index (χ1) is 19.0. The number of fused-ring (bicyclic) bond motifs is 1. The molecule has 0 spiro atoms. The maximum absolute atomic E-state index is 14.3. The summed E-state index contributed by atoms with van der Waals surface area (Å²) < 4.78 is 7.05. The van der Waals surface area contributed by atoms with E-state index in [4.69, 9.17) is 16.3 Å². The Hall–Kier alpha value is -3.20. The van der Waals surface area contributed by atoms with Gasteiger partial charge in [0.2, 0.25) is 5.95 Å². The molecular formula is C30H34ClN5O2S. The normalized spacial score (nSPS) is 17.2. The number of hydrogen-bond donors (Lipinski definition) is 2. The summed E-state index contributed by atoms with van der Waals surface area (Å²) >= 11 is 8.27. The van der Waals surface area contributed by atoms with Crippen molar-refractivity contribution in [2.24, 2.45) is 0 Å². The van der Waals surface area contributed by atoms with Gasteiger partial charge in [-0.15, -0.1) is 11.3 Å². The molecule has 39 heavy (non-hydrogen) atoms. The zero-order valence-electron chi connectivity index (χ0n) is 22.5. The molecule has 0 unspecified atom stereocenters. The monoisotopic (exact) mass is 563 g/mol. The first kappa shape index (κ1) is 27.4. The topological polar surface area (TPSA) is 79.4 Å². The molecule has 1 aliphatic carbocycles. The minimum atomic E-state index is -0.0244. The summed E-state index contributed by atoms with van der Waals surface area (Å²) in [5, 5.41) is 7.82. The van der Waals surface area contributed by atoms with E-state index in [1.165, 1.54) is 11.3 Å². The van der Waals surface area contributed by atoms with E-state index < -0.39 is 0 Å². The minimum absolute atomic E-state index is 0.0244. The highest BCUT2D eigenvalue weighted by molar-refractivity contribution is 7.21. The minimum Gasteiger partial charge on any atom is -0.494 e. The molecule has 2 N–H and O–H groups in total. The number of aromatic nitrogens is 2. The lowest BCUT2D eigenvalue weighted by Gasteiger charge is -2.37. The third-order valence-electron chi connectivity index (χ3n) is 7.45. The Morgan fingerprint density at radius 2 is 1.82 bits per heavy atom. The van der Waals surface area contributed by atoms with Crippen LogP contribution >= 0.6 is 22.9 Å². The van der Waals surface area contributed by atoms with Crippen molar-refractivity contribution in [3.05, 3.63) is 70.3 Å². The van der Waals surface area contributed by atoms with Crippen molar-refractivity contribution in [2.45, 2.75) is 51.2 Å². The third-order valence-corrected chi connectivity index (χ3v) is 9.11. The predicted octanol–water partition coefficient (Wildman–Crippen LogP) is 6.63. The Morgan fingerprint density at radius 3 is 2.49 bits per heavy atom. The summed E-state index contributed by atoms with van der Waals surface area (Å²) in [6, 6.07) is 14.6. The largest absolute Gasteiger partial charge is 0.494 e. The van der Waals surface area contributed by atoms with Gasteiger partial charge in [-0.2, -0.15) is 0 Å². The fourth-order valence-electron chi connectivity index (χ4n) is 5.29.